The van der Waals surface area contributed by atoms with E-state index in [4.69, 9.17) is 5.73 Å². The van der Waals surface area contributed by atoms with Gasteiger partial charge in [0.05, 0.1) is 5.69 Å². The number of aryl methyl sites for hydroxylation is 1. The van der Waals surface area contributed by atoms with E-state index in [1.165, 1.54) is 0 Å². The number of rotatable bonds is 0. The summed E-state index contributed by atoms with van der Waals surface area (Å²) >= 11 is 0. The first-order valence-electron chi connectivity index (χ1n) is 4.61. The molecule has 1 aromatic rings. The first-order valence-corrected chi connectivity index (χ1v) is 4.61. The van der Waals surface area contributed by atoms with Gasteiger partial charge in [0.15, 0.2) is 0 Å². The SMILES string of the molecule is N[C@H]1CCCCc2cc(=O)[nH]nc21. The highest BCUT2D eigenvalue weighted by Gasteiger charge is 2.16. The van der Waals surface area contributed by atoms with Gasteiger partial charge in [0.1, 0.15) is 0 Å². The van der Waals surface area contributed by atoms with Crippen molar-refractivity contribution in [3.8, 4) is 0 Å². The fourth-order valence-corrected chi connectivity index (χ4v) is 1.79. The molecule has 0 amide bonds. The number of nitrogens with two attached hydrogens (primary N) is 1. The van der Waals surface area contributed by atoms with E-state index >= 15 is 0 Å². The summed E-state index contributed by atoms with van der Waals surface area (Å²) in [6.07, 6.45) is 4.11. The predicted octanol–water partition coefficient (Wildman–Crippen LogP) is 0.496. The summed E-state index contributed by atoms with van der Waals surface area (Å²) in [5.74, 6) is 0. The summed E-state index contributed by atoms with van der Waals surface area (Å²) in [4.78, 5) is 11.0. The number of H-pyrrole nitrogens is 1. The molecule has 1 aromatic heterocycles. The molecule has 13 heavy (non-hydrogen) atoms. The maximum absolute atomic E-state index is 11.0. The Morgan fingerprint density at radius 1 is 1.54 bits per heavy atom. The van der Waals surface area contributed by atoms with Gasteiger partial charge in [-0.3, -0.25) is 4.79 Å². The Hall–Kier alpha value is -1.16. The van der Waals surface area contributed by atoms with Crippen molar-refractivity contribution in [2.75, 3.05) is 0 Å². The highest BCUT2D eigenvalue weighted by Crippen LogP contribution is 2.23. The zero-order valence-electron chi connectivity index (χ0n) is 7.42. The van der Waals surface area contributed by atoms with Gasteiger partial charge in [-0.25, -0.2) is 5.10 Å². The van der Waals surface area contributed by atoms with E-state index in [9.17, 15) is 4.79 Å². The number of aromatic amines is 1. The first-order chi connectivity index (χ1) is 6.27. The third-order valence-electron chi connectivity index (χ3n) is 2.48. The average Bonchev–Trinajstić information content (AvgIpc) is 2.28. The number of fused-ring (bicyclic) bond motifs is 1. The molecule has 0 bridgehead atoms. The minimum Gasteiger partial charge on any atom is -0.323 e. The second-order valence-corrected chi connectivity index (χ2v) is 3.49. The van der Waals surface area contributed by atoms with Crippen molar-refractivity contribution in [3.63, 3.8) is 0 Å². The van der Waals surface area contributed by atoms with E-state index in [2.05, 4.69) is 10.2 Å². The lowest BCUT2D eigenvalue weighted by Gasteiger charge is -2.08. The second kappa shape index (κ2) is 3.30. The number of aromatic nitrogens is 2. The van der Waals surface area contributed by atoms with Gasteiger partial charge < -0.3 is 5.73 Å². The van der Waals surface area contributed by atoms with Crippen LogP contribution in [0.15, 0.2) is 10.9 Å². The summed E-state index contributed by atoms with van der Waals surface area (Å²) in [5.41, 5.74) is 7.67. The molecule has 70 valence electrons. The molecule has 0 saturated carbocycles. The van der Waals surface area contributed by atoms with Crippen molar-refractivity contribution in [2.45, 2.75) is 31.7 Å². The van der Waals surface area contributed by atoms with Gasteiger partial charge in [-0.1, -0.05) is 6.42 Å². The van der Waals surface area contributed by atoms with Crippen molar-refractivity contribution < 1.29 is 0 Å². The second-order valence-electron chi connectivity index (χ2n) is 3.49. The molecule has 0 unspecified atom stereocenters. The third-order valence-corrected chi connectivity index (χ3v) is 2.48. The zero-order chi connectivity index (χ0) is 9.26. The highest BCUT2D eigenvalue weighted by molar-refractivity contribution is 5.21. The molecule has 0 fully saturated rings. The van der Waals surface area contributed by atoms with Crippen molar-refractivity contribution in [3.05, 3.63) is 27.7 Å². The van der Waals surface area contributed by atoms with Gasteiger partial charge in [-0.2, -0.15) is 5.10 Å². The lowest BCUT2D eigenvalue weighted by molar-refractivity contribution is 0.598. The van der Waals surface area contributed by atoms with Crippen LogP contribution in [-0.4, -0.2) is 10.2 Å². The van der Waals surface area contributed by atoms with Crippen LogP contribution in [-0.2, 0) is 6.42 Å². The van der Waals surface area contributed by atoms with Gasteiger partial charge in [0.25, 0.3) is 5.56 Å². The van der Waals surface area contributed by atoms with E-state index in [1.54, 1.807) is 6.07 Å². The van der Waals surface area contributed by atoms with Crippen LogP contribution >= 0.6 is 0 Å². The van der Waals surface area contributed by atoms with Crippen LogP contribution < -0.4 is 11.3 Å². The van der Waals surface area contributed by atoms with E-state index < -0.39 is 0 Å². The van der Waals surface area contributed by atoms with E-state index in [0.29, 0.717) is 0 Å². The number of hydrogen-bond acceptors (Lipinski definition) is 3. The van der Waals surface area contributed by atoms with Crippen molar-refractivity contribution in [1.82, 2.24) is 10.2 Å². The van der Waals surface area contributed by atoms with Crippen LogP contribution in [0.25, 0.3) is 0 Å². The van der Waals surface area contributed by atoms with Gasteiger partial charge in [-0.05, 0) is 24.8 Å². The van der Waals surface area contributed by atoms with Crippen molar-refractivity contribution >= 4 is 0 Å². The Bertz CT molecular complexity index is 358. The third kappa shape index (κ3) is 1.62. The number of hydrogen-bond donors (Lipinski definition) is 2. The minimum absolute atomic E-state index is 0.00523. The summed E-state index contributed by atoms with van der Waals surface area (Å²) in [6.45, 7) is 0. The molecular formula is C9H13N3O. The highest BCUT2D eigenvalue weighted by atomic mass is 16.1. The maximum atomic E-state index is 11.0. The summed E-state index contributed by atoms with van der Waals surface area (Å²) in [6, 6.07) is 1.61. The molecule has 1 heterocycles. The summed E-state index contributed by atoms with van der Waals surface area (Å²) < 4.78 is 0. The molecule has 4 heteroatoms. The molecule has 1 aliphatic rings. The molecule has 0 aliphatic heterocycles. The maximum Gasteiger partial charge on any atom is 0.264 e. The Morgan fingerprint density at radius 2 is 2.38 bits per heavy atom. The van der Waals surface area contributed by atoms with E-state index in [0.717, 1.165) is 36.9 Å². The van der Waals surface area contributed by atoms with Crippen molar-refractivity contribution in [2.24, 2.45) is 5.73 Å². The lowest BCUT2D eigenvalue weighted by atomic mass is 10.1. The largest absolute Gasteiger partial charge is 0.323 e. The van der Waals surface area contributed by atoms with Gasteiger partial charge in [-0.15, -0.1) is 0 Å². The molecule has 0 spiro atoms. The van der Waals surface area contributed by atoms with Gasteiger partial charge in [0, 0.05) is 12.1 Å². The first kappa shape index (κ1) is 8.44. The van der Waals surface area contributed by atoms with E-state index in [1.807, 2.05) is 0 Å². The van der Waals surface area contributed by atoms with Crippen LogP contribution in [0.2, 0.25) is 0 Å². The number of nitrogens with zero attached hydrogens (tertiary/aromatic N) is 1. The Morgan fingerprint density at radius 3 is 3.23 bits per heavy atom. The normalized spacial score (nSPS) is 22.1. The van der Waals surface area contributed by atoms with Crippen molar-refractivity contribution in [1.29, 1.82) is 0 Å². The molecule has 0 aromatic carbocycles. The number of nitrogens with one attached hydrogen (secondary N) is 1. The Kier molecular flexibility index (Phi) is 2.14. The van der Waals surface area contributed by atoms with E-state index in [-0.39, 0.29) is 11.6 Å². The van der Waals surface area contributed by atoms with Gasteiger partial charge in [0.2, 0.25) is 0 Å². The lowest BCUT2D eigenvalue weighted by Crippen LogP contribution is -2.18. The predicted molar refractivity (Wildman–Crippen MR) is 49.3 cm³/mol. The smallest absolute Gasteiger partial charge is 0.264 e. The van der Waals surface area contributed by atoms with Crippen LogP contribution in [0.5, 0.6) is 0 Å². The molecule has 1 aliphatic carbocycles. The van der Waals surface area contributed by atoms with Gasteiger partial charge >= 0.3 is 0 Å². The standard InChI is InChI=1S/C9H13N3O/c10-7-4-2-1-3-6-5-8(13)11-12-9(6)7/h5,7H,1-4,10H2,(H,11,13)/t7-/m0/s1. The molecule has 1 atom stereocenters. The fourth-order valence-electron chi connectivity index (χ4n) is 1.79. The Labute approximate surface area is 76.2 Å². The quantitative estimate of drug-likeness (QED) is 0.569. The molecule has 4 nitrogen and oxygen atoms in total. The molecule has 0 radical (unpaired) electrons. The monoisotopic (exact) mass is 179 g/mol. The molecule has 3 N–H and O–H groups in total. The molecule has 2 rings (SSSR count). The van der Waals surface area contributed by atoms with Crippen LogP contribution in [0, 0.1) is 0 Å². The summed E-state index contributed by atoms with van der Waals surface area (Å²) in [7, 11) is 0. The fraction of sp³-hybridized carbons (Fsp3) is 0.556. The summed E-state index contributed by atoms with van der Waals surface area (Å²) in [5, 5.41) is 6.43. The zero-order valence-corrected chi connectivity index (χ0v) is 7.42. The van der Waals surface area contributed by atoms with Crippen LogP contribution in [0.1, 0.15) is 36.6 Å². The van der Waals surface area contributed by atoms with Crippen LogP contribution in [0.3, 0.4) is 0 Å². The minimum atomic E-state index is -0.132. The molecule has 0 saturated heterocycles. The topological polar surface area (TPSA) is 71.8 Å². The Balaban J connectivity index is 2.48. The average molecular weight is 179 g/mol. The molecular weight excluding hydrogens is 166 g/mol. The van der Waals surface area contributed by atoms with Crippen LogP contribution in [0.4, 0.5) is 0 Å².